The molecule has 0 spiro atoms. The van der Waals surface area contributed by atoms with Gasteiger partial charge in [0.1, 0.15) is 0 Å². The third-order valence-electron chi connectivity index (χ3n) is 2.45. The van der Waals surface area contributed by atoms with Gasteiger partial charge < -0.3 is 19.4 Å². The van der Waals surface area contributed by atoms with E-state index in [4.69, 9.17) is 9.47 Å². The van der Waals surface area contributed by atoms with Gasteiger partial charge in [-0.1, -0.05) is 0 Å². The fourth-order valence-corrected chi connectivity index (χ4v) is 1.50. The molecule has 0 bridgehead atoms. The molecule has 0 atom stereocenters. The zero-order valence-electron chi connectivity index (χ0n) is 10.8. The van der Waals surface area contributed by atoms with E-state index >= 15 is 0 Å². The Labute approximate surface area is 103 Å². The topological polar surface area (TPSA) is 48.3 Å². The van der Waals surface area contributed by atoms with E-state index in [1.54, 1.807) is 7.11 Å². The van der Waals surface area contributed by atoms with E-state index in [-0.39, 0.29) is 0 Å². The van der Waals surface area contributed by atoms with Gasteiger partial charge in [0.25, 0.3) is 0 Å². The molecule has 0 saturated carbocycles. The van der Waals surface area contributed by atoms with Crippen molar-refractivity contribution in [1.29, 1.82) is 0 Å². The van der Waals surface area contributed by atoms with Crippen molar-refractivity contribution >= 4 is 0 Å². The maximum absolute atomic E-state index is 5.40. The molecule has 5 nitrogen and oxygen atoms in total. The van der Waals surface area contributed by atoms with Crippen molar-refractivity contribution in [3.05, 3.63) is 18.2 Å². The second kappa shape index (κ2) is 9.15. The standard InChI is InChI=1S/C12H23N3O2/c1-13-5-4-12-10-15(11-14-12)6-3-7-17-9-8-16-2/h10-11,13H,3-9H2,1-2H3. The quantitative estimate of drug-likeness (QED) is 0.613. The molecule has 0 radical (unpaired) electrons. The molecular weight excluding hydrogens is 218 g/mol. The summed E-state index contributed by atoms with van der Waals surface area (Å²) >= 11 is 0. The Hall–Kier alpha value is -0.910. The Kier molecular flexibility index (Phi) is 7.62. The molecule has 0 aliphatic rings. The molecule has 5 heteroatoms. The average molecular weight is 241 g/mol. The summed E-state index contributed by atoms with van der Waals surface area (Å²) in [6.07, 6.45) is 5.98. The monoisotopic (exact) mass is 241 g/mol. The maximum Gasteiger partial charge on any atom is 0.0949 e. The number of likely N-dealkylation sites (N-methyl/N-ethyl adjacent to an activating group) is 1. The SMILES string of the molecule is CNCCc1cn(CCCOCCOC)cn1. The van der Waals surface area contributed by atoms with Crippen LogP contribution < -0.4 is 5.32 Å². The molecule has 0 aliphatic heterocycles. The largest absolute Gasteiger partial charge is 0.382 e. The van der Waals surface area contributed by atoms with Gasteiger partial charge in [0.05, 0.1) is 25.2 Å². The predicted molar refractivity (Wildman–Crippen MR) is 67.2 cm³/mol. The zero-order chi connectivity index (χ0) is 12.3. The molecule has 0 aliphatic carbocycles. The van der Waals surface area contributed by atoms with Crippen LogP contribution in [-0.2, 0) is 22.4 Å². The number of methoxy groups -OCH3 is 1. The summed E-state index contributed by atoms with van der Waals surface area (Å²) in [4.78, 5) is 4.34. The van der Waals surface area contributed by atoms with E-state index in [2.05, 4.69) is 21.1 Å². The number of rotatable bonds is 10. The Bertz CT molecular complexity index is 289. The van der Waals surface area contributed by atoms with E-state index in [0.29, 0.717) is 13.2 Å². The minimum absolute atomic E-state index is 0.666. The van der Waals surface area contributed by atoms with Crippen LogP contribution in [0.2, 0.25) is 0 Å². The van der Waals surface area contributed by atoms with Gasteiger partial charge in [0, 0.05) is 39.4 Å². The van der Waals surface area contributed by atoms with Crippen LogP contribution in [0.1, 0.15) is 12.1 Å². The number of aryl methyl sites for hydroxylation is 1. The number of aromatic nitrogens is 2. The molecule has 1 aromatic heterocycles. The Morgan fingerprint density at radius 1 is 1.35 bits per heavy atom. The molecule has 0 amide bonds. The number of nitrogens with zero attached hydrogens (tertiary/aromatic N) is 2. The lowest BCUT2D eigenvalue weighted by Crippen LogP contribution is -2.10. The Balaban J connectivity index is 2.08. The second-order valence-corrected chi connectivity index (χ2v) is 3.92. The van der Waals surface area contributed by atoms with Crippen LogP contribution in [0.5, 0.6) is 0 Å². The molecule has 17 heavy (non-hydrogen) atoms. The lowest BCUT2D eigenvalue weighted by molar-refractivity contribution is 0.0680. The van der Waals surface area contributed by atoms with Gasteiger partial charge in [-0.05, 0) is 13.5 Å². The highest BCUT2D eigenvalue weighted by molar-refractivity contribution is 4.97. The summed E-state index contributed by atoms with van der Waals surface area (Å²) in [5.41, 5.74) is 1.14. The van der Waals surface area contributed by atoms with Crippen molar-refractivity contribution < 1.29 is 9.47 Å². The van der Waals surface area contributed by atoms with Crippen LogP contribution in [0.25, 0.3) is 0 Å². The number of imidazole rings is 1. The summed E-state index contributed by atoms with van der Waals surface area (Å²) in [6.45, 7) is 4.04. The first-order valence-electron chi connectivity index (χ1n) is 6.08. The molecule has 0 saturated heterocycles. The van der Waals surface area contributed by atoms with Gasteiger partial charge in [-0.3, -0.25) is 0 Å². The highest BCUT2D eigenvalue weighted by Crippen LogP contribution is 1.98. The molecule has 0 unspecified atom stereocenters. The smallest absolute Gasteiger partial charge is 0.0949 e. The number of hydrogen-bond acceptors (Lipinski definition) is 4. The van der Waals surface area contributed by atoms with Crippen molar-refractivity contribution in [1.82, 2.24) is 14.9 Å². The second-order valence-electron chi connectivity index (χ2n) is 3.92. The molecule has 1 heterocycles. The van der Waals surface area contributed by atoms with Crippen molar-refractivity contribution in [2.75, 3.05) is 40.5 Å². The fourth-order valence-electron chi connectivity index (χ4n) is 1.50. The highest BCUT2D eigenvalue weighted by atomic mass is 16.5. The fraction of sp³-hybridized carbons (Fsp3) is 0.750. The first-order chi connectivity index (χ1) is 8.36. The average Bonchev–Trinajstić information content (AvgIpc) is 2.79. The highest BCUT2D eigenvalue weighted by Gasteiger charge is 1.98. The first kappa shape index (κ1) is 14.2. The molecule has 1 N–H and O–H groups in total. The van der Waals surface area contributed by atoms with Crippen LogP contribution in [0, 0.1) is 0 Å². The van der Waals surface area contributed by atoms with Crippen LogP contribution >= 0.6 is 0 Å². The Morgan fingerprint density at radius 2 is 2.24 bits per heavy atom. The van der Waals surface area contributed by atoms with E-state index in [9.17, 15) is 0 Å². The Morgan fingerprint density at radius 3 is 3.00 bits per heavy atom. The summed E-state index contributed by atoms with van der Waals surface area (Å²) in [5.74, 6) is 0. The lowest BCUT2D eigenvalue weighted by atomic mass is 10.3. The van der Waals surface area contributed by atoms with E-state index in [1.165, 1.54) is 0 Å². The van der Waals surface area contributed by atoms with Crippen LogP contribution in [0.4, 0.5) is 0 Å². The molecule has 0 aromatic carbocycles. The molecule has 98 valence electrons. The molecule has 1 rings (SSSR count). The van der Waals surface area contributed by atoms with Gasteiger partial charge in [-0.15, -0.1) is 0 Å². The van der Waals surface area contributed by atoms with Gasteiger partial charge in [-0.2, -0.15) is 0 Å². The van der Waals surface area contributed by atoms with E-state index in [0.717, 1.165) is 38.2 Å². The first-order valence-corrected chi connectivity index (χ1v) is 6.08. The number of hydrogen-bond donors (Lipinski definition) is 1. The molecular formula is C12H23N3O2. The summed E-state index contributed by atoms with van der Waals surface area (Å²) in [6, 6.07) is 0. The summed E-state index contributed by atoms with van der Waals surface area (Å²) in [7, 11) is 3.63. The lowest BCUT2D eigenvalue weighted by Gasteiger charge is -2.04. The molecule has 0 fully saturated rings. The van der Waals surface area contributed by atoms with Crippen LogP contribution in [0.15, 0.2) is 12.5 Å². The van der Waals surface area contributed by atoms with E-state index in [1.807, 2.05) is 13.4 Å². The number of ether oxygens (including phenoxy) is 2. The zero-order valence-corrected chi connectivity index (χ0v) is 10.8. The van der Waals surface area contributed by atoms with Gasteiger partial charge >= 0.3 is 0 Å². The number of nitrogens with one attached hydrogen (secondary N) is 1. The third kappa shape index (κ3) is 6.41. The third-order valence-corrected chi connectivity index (χ3v) is 2.45. The summed E-state index contributed by atoms with van der Waals surface area (Å²) in [5, 5.41) is 3.12. The van der Waals surface area contributed by atoms with Crippen LogP contribution in [-0.4, -0.2) is 50.1 Å². The normalized spacial score (nSPS) is 10.9. The van der Waals surface area contributed by atoms with Gasteiger partial charge in [0.2, 0.25) is 0 Å². The van der Waals surface area contributed by atoms with Crippen molar-refractivity contribution in [3.63, 3.8) is 0 Å². The van der Waals surface area contributed by atoms with Crippen LogP contribution in [0.3, 0.4) is 0 Å². The van der Waals surface area contributed by atoms with E-state index < -0.39 is 0 Å². The predicted octanol–water partition coefficient (Wildman–Crippen LogP) is 0.698. The van der Waals surface area contributed by atoms with Crippen molar-refractivity contribution in [2.24, 2.45) is 0 Å². The maximum atomic E-state index is 5.40. The van der Waals surface area contributed by atoms with Crippen molar-refractivity contribution in [3.8, 4) is 0 Å². The summed E-state index contributed by atoms with van der Waals surface area (Å²) < 4.78 is 12.4. The van der Waals surface area contributed by atoms with Crippen molar-refractivity contribution in [2.45, 2.75) is 19.4 Å². The van der Waals surface area contributed by atoms with Gasteiger partial charge in [-0.25, -0.2) is 4.98 Å². The molecule has 1 aromatic rings. The minimum Gasteiger partial charge on any atom is -0.382 e. The van der Waals surface area contributed by atoms with Gasteiger partial charge in [0.15, 0.2) is 0 Å². The minimum atomic E-state index is 0.666.